The Balaban J connectivity index is 2.10. The van der Waals surface area contributed by atoms with Gasteiger partial charge in [-0.25, -0.2) is 0 Å². The van der Waals surface area contributed by atoms with Crippen LogP contribution in [0.3, 0.4) is 0 Å². The number of benzene rings is 2. The second kappa shape index (κ2) is 7.25. The summed E-state index contributed by atoms with van der Waals surface area (Å²) < 4.78 is 0. The lowest BCUT2D eigenvalue weighted by atomic mass is 9.99. The molecular formula is C19H25N. The lowest BCUT2D eigenvalue weighted by Crippen LogP contribution is -2.24. The molecule has 2 aromatic rings. The van der Waals surface area contributed by atoms with Crippen LogP contribution in [0.1, 0.15) is 55.5 Å². The van der Waals surface area contributed by atoms with Gasteiger partial charge in [-0.05, 0) is 31.4 Å². The minimum atomic E-state index is 0.368. The second-order valence-electron chi connectivity index (χ2n) is 5.55. The summed E-state index contributed by atoms with van der Waals surface area (Å²) in [4.78, 5) is 0. The zero-order valence-corrected chi connectivity index (χ0v) is 12.8. The Morgan fingerprint density at radius 3 is 2.15 bits per heavy atom. The quantitative estimate of drug-likeness (QED) is 0.759. The van der Waals surface area contributed by atoms with Crippen LogP contribution in [0.2, 0.25) is 0 Å². The predicted octanol–water partition coefficient (Wildman–Crippen LogP) is 5.19. The van der Waals surface area contributed by atoms with E-state index in [4.69, 9.17) is 0 Å². The van der Waals surface area contributed by atoms with Crippen LogP contribution in [-0.2, 0) is 0 Å². The van der Waals surface area contributed by atoms with Crippen molar-refractivity contribution in [2.24, 2.45) is 0 Å². The highest BCUT2D eigenvalue weighted by Gasteiger charge is 2.14. The lowest BCUT2D eigenvalue weighted by molar-refractivity contribution is 0.439. The molecule has 2 aromatic carbocycles. The van der Waals surface area contributed by atoms with Crippen molar-refractivity contribution in [3.8, 4) is 0 Å². The third kappa shape index (κ3) is 3.94. The number of aryl methyl sites for hydroxylation is 1. The van der Waals surface area contributed by atoms with Crippen LogP contribution in [0.4, 0.5) is 0 Å². The van der Waals surface area contributed by atoms with Crippen molar-refractivity contribution in [3.63, 3.8) is 0 Å². The Kier molecular flexibility index (Phi) is 5.37. The summed E-state index contributed by atoms with van der Waals surface area (Å²) in [5, 5.41) is 3.77. The molecule has 0 heterocycles. The van der Waals surface area contributed by atoms with Crippen molar-refractivity contribution in [2.45, 2.75) is 45.7 Å². The van der Waals surface area contributed by atoms with E-state index in [0.29, 0.717) is 12.1 Å². The summed E-state index contributed by atoms with van der Waals surface area (Å²) in [6.07, 6.45) is 2.35. The molecule has 1 N–H and O–H groups in total. The van der Waals surface area contributed by atoms with Crippen molar-refractivity contribution in [2.75, 3.05) is 0 Å². The van der Waals surface area contributed by atoms with Crippen molar-refractivity contribution < 1.29 is 0 Å². The van der Waals surface area contributed by atoms with Crippen molar-refractivity contribution >= 4 is 0 Å². The minimum absolute atomic E-state index is 0.368. The molecule has 0 saturated heterocycles. The first-order valence-corrected chi connectivity index (χ1v) is 7.58. The van der Waals surface area contributed by atoms with Crippen LogP contribution in [0.25, 0.3) is 0 Å². The summed E-state index contributed by atoms with van der Waals surface area (Å²) in [6, 6.07) is 20.4. The second-order valence-corrected chi connectivity index (χ2v) is 5.55. The number of hydrogen-bond donors (Lipinski definition) is 1. The lowest BCUT2D eigenvalue weighted by Gasteiger charge is -2.24. The van der Waals surface area contributed by atoms with E-state index in [0.717, 1.165) is 0 Å². The van der Waals surface area contributed by atoms with Crippen LogP contribution in [0.5, 0.6) is 0 Å². The normalized spacial score (nSPS) is 13.9. The highest BCUT2D eigenvalue weighted by molar-refractivity contribution is 5.25. The standard InChI is InChI=1S/C19H25N/c1-4-8-19(18-9-6-5-7-10-18)20-16(3)17-13-11-15(2)12-14-17/h5-7,9-14,16,19-20H,4,8H2,1-3H3. The van der Waals surface area contributed by atoms with Gasteiger partial charge in [0.05, 0.1) is 0 Å². The van der Waals surface area contributed by atoms with Crippen LogP contribution >= 0.6 is 0 Å². The zero-order valence-electron chi connectivity index (χ0n) is 12.8. The molecule has 0 aliphatic heterocycles. The van der Waals surface area contributed by atoms with Crippen molar-refractivity contribution in [3.05, 3.63) is 71.3 Å². The first-order valence-electron chi connectivity index (χ1n) is 7.58. The van der Waals surface area contributed by atoms with E-state index in [-0.39, 0.29) is 0 Å². The van der Waals surface area contributed by atoms with Crippen LogP contribution < -0.4 is 5.32 Å². The smallest absolute Gasteiger partial charge is 0.0325 e. The van der Waals surface area contributed by atoms with Crippen LogP contribution in [0.15, 0.2) is 54.6 Å². The third-order valence-electron chi connectivity index (χ3n) is 3.81. The van der Waals surface area contributed by atoms with Gasteiger partial charge in [-0.3, -0.25) is 0 Å². The Morgan fingerprint density at radius 2 is 1.55 bits per heavy atom. The molecule has 0 spiro atoms. The number of hydrogen-bond acceptors (Lipinski definition) is 1. The minimum Gasteiger partial charge on any atom is -0.303 e. The molecule has 0 amide bonds. The van der Waals surface area contributed by atoms with Gasteiger partial charge in [0, 0.05) is 12.1 Å². The predicted molar refractivity (Wildman–Crippen MR) is 86.8 cm³/mol. The summed E-state index contributed by atoms with van der Waals surface area (Å²) in [7, 11) is 0. The summed E-state index contributed by atoms with van der Waals surface area (Å²) in [6.45, 7) is 6.62. The molecule has 0 radical (unpaired) electrons. The molecule has 106 valence electrons. The van der Waals surface area contributed by atoms with Gasteiger partial charge in [0.25, 0.3) is 0 Å². The first kappa shape index (κ1) is 14.8. The summed E-state index contributed by atoms with van der Waals surface area (Å²) >= 11 is 0. The van der Waals surface area contributed by atoms with Crippen LogP contribution in [-0.4, -0.2) is 0 Å². The number of rotatable bonds is 6. The van der Waals surface area contributed by atoms with E-state index in [2.05, 4.69) is 80.7 Å². The van der Waals surface area contributed by atoms with E-state index in [1.807, 2.05) is 0 Å². The van der Waals surface area contributed by atoms with Gasteiger partial charge in [-0.15, -0.1) is 0 Å². The topological polar surface area (TPSA) is 12.0 Å². The van der Waals surface area contributed by atoms with Crippen molar-refractivity contribution in [1.29, 1.82) is 0 Å². The fourth-order valence-corrected chi connectivity index (χ4v) is 2.57. The molecule has 0 aliphatic rings. The van der Waals surface area contributed by atoms with Crippen LogP contribution in [0, 0.1) is 6.92 Å². The molecule has 20 heavy (non-hydrogen) atoms. The Bertz CT molecular complexity index is 501. The van der Waals surface area contributed by atoms with Gasteiger partial charge < -0.3 is 5.32 Å². The monoisotopic (exact) mass is 267 g/mol. The molecule has 2 rings (SSSR count). The fraction of sp³-hybridized carbons (Fsp3) is 0.368. The van der Waals surface area contributed by atoms with E-state index in [1.54, 1.807) is 0 Å². The molecule has 0 bridgehead atoms. The number of nitrogens with one attached hydrogen (secondary N) is 1. The molecule has 0 saturated carbocycles. The van der Waals surface area contributed by atoms with Crippen molar-refractivity contribution in [1.82, 2.24) is 5.32 Å². The van der Waals surface area contributed by atoms with Gasteiger partial charge in [0.15, 0.2) is 0 Å². The SMILES string of the molecule is CCCC(NC(C)c1ccc(C)cc1)c1ccccc1. The summed E-state index contributed by atoms with van der Waals surface area (Å²) in [5.74, 6) is 0. The zero-order chi connectivity index (χ0) is 14.4. The summed E-state index contributed by atoms with van der Waals surface area (Å²) in [5.41, 5.74) is 4.05. The van der Waals surface area contributed by atoms with E-state index >= 15 is 0 Å². The highest BCUT2D eigenvalue weighted by Crippen LogP contribution is 2.23. The Labute approximate surface area is 123 Å². The third-order valence-corrected chi connectivity index (χ3v) is 3.81. The molecule has 1 heteroatoms. The first-order chi connectivity index (χ1) is 9.70. The van der Waals surface area contributed by atoms with Gasteiger partial charge in [0.1, 0.15) is 0 Å². The Hall–Kier alpha value is -1.60. The average Bonchev–Trinajstić information content (AvgIpc) is 2.48. The van der Waals surface area contributed by atoms with Gasteiger partial charge in [-0.2, -0.15) is 0 Å². The van der Waals surface area contributed by atoms with Gasteiger partial charge >= 0.3 is 0 Å². The maximum absolute atomic E-state index is 3.77. The van der Waals surface area contributed by atoms with E-state index < -0.39 is 0 Å². The maximum Gasteiger partial charge on any atom is 0.0325 e. The van der Waals surface area contributed by atoms with E-state index in [1.165, 1.54) is 29.5 Å². The van der Waals surface area contributed by atoms with Gasteiger partial charge in [0.2, 0.25) is 0 Å². The molecule has 1 nitrogen and oxygen atoms in total. The largest absolute Gasteiger partial charge is 0.303 e. The molecule has 2 atom stereocenters. The molecule has 0 aromatic heterocycles. The van der Waals surface area contributed by atoms with Gasteiger partial charge in [-0.1, -0.05) is 73.5 Å². The Morgan fingerprint density at radius 1 is 0.900 bits per heavy atom. The molecular weight excluding hydrogens is 242 g/mol. The molecule has 0 fully saturated rings. The maximum atomic E-state index is 3.77. The highest BCUT2D eigenvalue weighted by atomic mass is 14.9. The fourth-order valence-electron chi connectivity index (χ4n) is 2.57. The average molecular weight is 267 g/mol. The molecule has 0 aliphatic carbocycles. The van der Waals surface area contributed by atoms with E-state index in [9.17, 15) is 0 Å². The molecule has 2 unspecified atom stereocenters.